The molecule has 0 saturated carbocycles. The fourth-order valence-corrected chi connectivity index (χ4v) is 4.07. The van der Waals surface area contributed by atoms with Crippen LogP contribution >= 0.6 is 0 Å². The smallest absolute Gasteiger partial charge is 0.315 e. The lowest BCUT2D eigenvalue weighted by Gasteiger charge is -2.24. The van der Waals surface area contributed by atoms with Crippen LogP contribution in [0.1, 0.15) is 51.7 Å². The van der Waals surface area contributed by atoms with E-state index in [2.05, 4.69) is 0 Å². The van der Waals surface area contributed by atoms with Crippen molar-refractivity contribution in [1.82, 2.24) is 0 Å². The van der Waals surface area contributed by atoms with Gasteiger partial charge in [-0.05, 0) is 49.2 Å². The lowest BCUT2D eigenvalue weighted by molar-refractivity contribution is -0.153. The van der Waals surface area contributed by atoms with Gasteiger partial charge in [0.15, 0.2) is 11.5 Å². The molecule has 0 radical (unpaired) electrons. The molecule has 2 aromatic rings. The van der Waals surface area contributed by atoms with Crippen LogP contribution in [0.2, 0.25) is 0 Å². The molecule has 0 heterocycles. The molecular formula is C30H28O12. The van der Waals surface area contributed by atoms with Crippen LogP contribution in [-0.2, 0) is 47.7 Å². The molecule has 1 aliphatic carbocycles. The number of hydrogen-bond donors (Lipinski definition) is 2. The molecule has 0 fully saturated rings. The first-order valence-corrected chi connectivity index (χ1v) is 12.7. The minimum Gasteiger partial charge on any atom is -0.508 e. The number of benzene rings is 2. The standard InChI is InChI=1S/C30H28O12/c1-15(39-17(3)31)13-23(35)41-29-25(19-5-9-21(33)10-6-19)28(38)30(42-24(36)14-16(2)40-18(4)32)26(27(29)37)20-7-11-22(34)12-8-20/h5-12,15-16,33-34H,13-14H2,1-4H3/t15-,16-/m0/s1. The Hall–Kier alpha value is -5.26. The fraction of sp³-hybridized carbons (Fsp3) is 0.267. The van der Waals surface area contributed by atoms with Crippen molar-refractivity contribution in [3.05, 3.63) is 71.2 Å². The summed E-state index contributed by atoms with van der Waals surface area (Å²) >= 11 is 0. The quantitative estimate of drug-likeness (QED) is 0.238. The number of phenolic OH excluding ortho intramolecular Hbond substituents is 2. The lowest BCUT2D eigenvalue weighted by atomic mass is 9.86. The summed E-state index contributed by atoms with van der Waals surface area (Å²) in [6.07, 6.45) is -2.74. The van der Waals surface area contributed by atoms with Crippen LogP contribution in [0.25, 0.3) is 11.1 Å². The van der Waals surface area contributed by atoms with Gasteiger partial charge in [-0.25, -0.2) is 0 Å². The van der Waals surface area contributed by atoms with Crippen molar-refractivity contribution in [3.63, 3.8) is 0 Å². The highest BCUT2D eigenvalue weighted by molar-refractivity contribution is 6.47. The Labute approximate surface area is 240 Å². The van der Waals surface area contributed by atoms with E-state index in [0.29, 0.717) is 0 Å². The normalized spacial score (nSPS) is 14.7. The molecular weight excluding hydrogens is 552 g/mol. The topological polar surface area (TPSA) is 180 Å². The highest BCUT2D eigenvalue weighted by Gasteiger charge is 2.41. The van der Waals surface area contributed by atoms with E-state index in [-0.39, 0.29) is 22.6 Å². The van der Waals surface area contributed by atoms with E-state index < -0.39 is 83.2 Å². The second-order valence-electron chi connectivity index (χ2n) is 9.36. The molecule has 2 N–H and O–H groups in total. The van der Waals surface area contributed by atoms with Crippen molar-refractivity contribution < 1.29 is 57.9 Å². The number of phenols is 2. The zero-order chi connectivity index (χ0) is 31.1. The van der Waals surface area contributed by atoms with E-state index in [4.69, 9.17) is 18.9 Å². The molecule has 2 aromatic carbocycles. The largest absolute Gasteiger partial charge is 0.508 e. The Morgan fingerprint density at radius 1 is 0.619 bits per heavy atom. The first-order valence-electron chi connectivity index (χ1n) is 12.7. The van der Waals surface area contributed by atoms with Gasteiger partial charge in [-0.15, -0.1) is 0 Å². The second kappa shape index (κ2) is 13.4. The van der Waals surface area contributed by atoms with Crippen LogP contribution in [-0.4, -0.2) is 57.9 Å². The number of rotatable bonds is 10. The number of allylic oxidation sites excluding steroid dienone is 2. The maximum Gasteiger partial charge on any atom is 0.315 e. The number of ketones is 2. The van der Waals surface area contributed by atoms with Crippen LogP contribution in [0, 0.1) is 0 Å². The van der Waals surface area contributed by atoms with Crippen LogP contribution in [0.3, 0.4) is 0 Å². The molecule has 0 bridgehead atoms. The summed E-state index contributed by atoms with van der Waals surface area (Å²) in [6.45, 7) is 5.17. The Kier molecular flexibility index (Phi) is 9.98. The molecule has 220 valence electrons. The maximum atomic E-state index is 14.0. The Morgan fingerprint density at radius 2 is 0.929 bits per heavy atom. The summed E-state index contributed by atoms with van der Waals surface area (Å²) in [5.41, 5.74) is -0.777. The third-order valence-electron chi connectivity index (χ3n) is 5.71. The zero-order valence-corrected chi connectivity index (χ0v) is 23.2. The molecule has 0 aromatic heterocycles. The number of esters is 4. The molecule has 0 amide bonds. The highest BCUT2D eigenvalue weighted by Crippen LogP contribution is 2.38. The van der Waals surface area contributed by atoms with Crippen LogP contribution in [0.15, 0.2) is 60.0 Å². The molecule has 1 aliphatic rings. The van der Waals surface area contributed by atoms with Gasteiger partial charge in [0.1, 0.15) is 23.7 Å². The summed E-state index contributed by atoms with van der Waals surface area (Å²) < 4.78 is 20.7. The first kappa shape index (κ1) is 31.3. The third-order valence-corrected chi connectivity index (χ3v) is 5.71. The predicted octanol–water partition coefficient (Wildman–Crippen LogP) is 3.14. The lowest BCUT2D eigenvalue weighted by Crippen LogP contribution is -2.29. The monoisotopic (exact) mass is 580 g/mol. The van der Waals surface area contributed by atoms with Crippen LogP contribution in [0.4, 0.5) is 0 Å². The second-order valence-corrected chi connectivity index (χ2v) is 9.36. The zero-order valence-electron chi connectivity index (χ0n) is 23.2. The van der Waals surface area contributed by atoms with Crippen molar-refractivity contribution in [2.24, 2.45) is 0 Å². The van der Waals surface area contributed by atoms with Gasteiger partial charge in [0, 0.05) is 13.8 Å². The number of ether oxygens (including phenoxy) is 4. The number of aromatic hydroxyl groups is 2. The Bertz CT molecular complexity index is 1370. The minimum atomic E-state index is -1.01. The molecule has 12 nitrogen and oxygen atoms in total. The predicted molar refractivity (Wildman–Crippen MR) is 144 cm³/mol. The fourth-order valence-electron chi connectivity index (χ4n) is 4.07. The van der Waals surface area contributed by atoms with Gasteiger partial charge in [0.2, 0.25) is 11.6 Å². The van der Waals surface area contributed by atoms with Gasteiger partial charge in [0.25, 0.3) is 0 Å². The average molecular weight is 581 g/mol. The minimum absolute atomic E-state index is 0.0496. The summed E-state index contributed by atoms with van der Waals surface area (Å²) in [5.74, 6) is -7.01. The van der Waals surface area contributed by atoms with Crippen molar-refractivity contribution in [2.45, 2.75) is 52.7 Å². The third kappa shape index (κ3) is 7.90. The number of hydrogen-bond acceptors (Lipinski definition) is 12. The molecule has 2 atom stereocenters. The van der Waals surface area contributed by atoms with E-state index >= 15 is 0 Å². The number of Topliss-reactive ketones (excluding diaryl/α,β-unsaturated/α-hetero) is 2. The Balaban J connectivity index is 2.14. The van der Waals surface area contributed by atoms with Crippen molar-refractivity contribution in [1.29, 1.82) is 0 Å². The van der Waals surface area contributed by atoms with Crippen molar-refractivity contribution in [3.8, 4) is 11.5 Å². The molecule has 0 saturated heterocycles. The van der Waals surface area contributed by atoms with Crippen LogP contribution < -0.4 is 0 Å². The van der Waals surface area contributed by atoms with Crippen molar-refractivity contribution in [2.75, 3.05) is 0 Å². The van der Waals surface area contributed by atoms with E-state index in [9.17, 15) is 39.0 Å². The summed E-state index contributed by atoms with van der Waals surface area (Å²) in [6, 6.07) is 10.1. The van der Waals surface area contributed by atoms with Gasteiger partial charge in [0.05, 0.1) is 24.0 Å². The van der Waals surface area contributed by atoms with E-state index in [1.54, 1.807) is 0 Å². The van der Waals surface area contributed by atoms with Gasteiger partial charge in [-0.1, -0.05) is 24.3 Å². The highest BCUT2D eigenvalue weighted by atomic mass is 16.6. The average Bonchev–Trinajstić information content (AvgIpc) is 2.87. The van der Waals surface area contributed by atoms with Crippen LogP contribution in [0.5, 0.6) is 11.5 Å². The van der Waals surface area contributed by atoms with Gasteiger partial charge in [-0.2, -0.15) is 0 Å². The van der Waals surface area contributed by atoms with Crippen molar-refractivity contribution >= 4 is 46.6 Å². The molecule has 0 aliphatic heterocycles. The SMILES string of the molecule is CC(=O)O[C@@H](C)CC(=O)OC1=C(c2ccc(O)cc2)C(=O)C(OC(=O)C[C@H](C)OC(C)=O)=C(c2ccc(O)cc2)C1=O. The molecule has 0 spiro atoms. The van der Waals surface area contributed by atoms with E-state index in [0.717, 1.165) is 13.8 Å². The summed E-state index contributed by atoms with van der Waals surface area (Å²) in [5, 5.41) is 19.5. The summed E-state index contributed by atoms with van der Waals surface area (Å²) in [7, 11) is 0. The van der Waals surface area contributed by atoms with Gasteiger partial charge < -0.3 is 29.2 Å². The molecule has 0 unspecified atom stereocenters. The number of carbonyl (C=O) groups is 6. The molecule has 42 heavy (non-hydrogen) atoms. The molecule has 3 rings (SSSR count). The van der Waals surface area contributed by atoms with E-state index in [1.807, 2.05) is 0 Å². The van der Waals surface area contributed by atoms with Gasteiger partial charge >= 0.3 is 23.9 Å². The summed E-state index contributed by atoms with van der Waals surface area (Å²) in [4.78, 5) is 76.1. The molecule has 12 heteroatoms. The van der Waals surface area contributed by atoms with E-state index in [1.165, 1.54) is 62.4 Å². The Morgan fingerprint density at radius 3 is 1.21 bits per heavy atom. The van der Waals surface area contributed by atoms with Gasteiger partial charge in [-0.3, -0.25) is 28.8 Å². The maximum absolute atomic E-state index is 14.0. The number of carbonyl (C=O) groups excluding carboxylic acids is 6. The first-order chi connectivity index (χ1) is 19.8.